The normalized spacial score (nSPS) is 15.6. The summed E-state index contributed by atoms with van der Waals surface area (Å²) in [6.45, 7) is 4.76. The standard InChI is InChI=1S/C23H24N6O4S2/c30-35(31,27-22-24-8-1-9-25-22)19-5-3-18(4-6-19)26-23(34)29-12-10-28(11-13-29)15-17-2-7-20-21(14-17)33-16-32-20/h1-9,14H,10-13,15-16H2,(H2,24,25,26,27,34). The second-order valence-electron chi connectivity index (χ2n) is 8.17. The Morgan fingerprint density at radius 3 is 2.51 bits per heavy atom. The number of sulfonamides is 1. The summed E-state index contributed by atoms with van der Waals surface area (Å²) >= 11 is 5.59. The van der Waals surface area contributed by atoms with Crippen LogP contribution < -0.4 is 19.7 Å². The van der Waals surface area contributed by atoms with Crippen LogP contribution in [-0.4, -0.2) is 61.4 Å². The van der Waals surface area contributed by atoms with Gasteiger partial charge >= 0.3 is 0 Å². The van der Waals surface area contributed by atoms with Crippen LogP contribution in [-0.2, 0) is 16.6 Å². The lowest BCUT2D eigenvalue weighted by Gasteiger charge is -2.34. The number of nitrogens with zero attached hydrogens (tertiary/aromatic N) is 4. The highest BCUT2D eigenvalue weighted by Gasteiger charge is 2.23. The lowest BCUT2D eigenvalue weighted by atomic mass is 10.1. The van der Waals surface area contributed by atoms with Gasteiger partial charge in [-0.15, -0.1) is 0 Å². The molecule has 2 aliphatic rings. The van der Waals surface area contributed by atoms with Gasteiger partial charge in [-0.05, 0) is 67.1 Å². The molecule has 5 rings (SSSR count). The number of anilines is 1. The molecule has 3 aromatic rings. The smallest absolute Gasteiger partial charge is 0.231 e. The number of nitrogens with one attached hydrogen (secondary N) is 2. The van der Waals surface area contributed by atoms with E-state index < -0.39 is 10.0 Å². The van der Waals surface area contributed by atoms with Gasteiger partial charge in [0.05, 0.1) is 31.1 Å². The van der Waals surface area contributed by atoms with Crippen LogP contribution in [0.4, 0.5) is 11.6 Å². The quantitative estimate of drug-likeness (QED) is 0.477. The Morgan fingerprint density at radius 1 is 1.06 bits per heavy atom. The monoisotopic (exact) mass is 512 g/mol. The molecule has 0 bridgehead atoms. The van der Waals surface area contributed by atoms with Crippen LogP contribution in [0.5, 0.6) is 11.5 Å². The highest BCUT2D eigenvalue weighted by Crippen LogP contribution is 2.32. The summed E-state index contributed by atoms with van der Waals surface area (Å²) in [7, 11) is -3.90. The summed E-state index contributed by atoms with van der Waals surface area (Å²) in [5, 5.41) is 3.82. The summed E-state index contributed by atoms with van der Waals surface area (Å²) < 4.78 is 39.5. The molecule has 0 unspecified atom stereocenters. The third-order valence-electron chi connectivity index (χ3n) is 5.81. The second-order valence-corrected chi connectivity index (χ2v) is 10.2. The Hall–Kier alpha value is -3.48. The molecule has 0 aliphatic carbocycles. The van der Waals surface area contributed by atoms with Crippen LogP contribution in [0, 0.1) is 0 Å². The van der Waals surface area contributed by atoms with Crippen LogP contribution >= 0.6 is 12.2 Å². The molecule has 35 heavy (non-hydrogen) atoms. The van der Waals surface area contributed by atoms with Crippen molar-refractivity contribution in [2.45, 2.75) is 11.4 Å². The number of aromatic nitrogens is 2. The minimum absolute atomic E-state index is 0.0575. The van der Waals surface area contributed by atoms with Gasteiger partial charge in [0.1, 0.15) is 6.54 Å². The second kappa shape index (κ2) is 10.0. The van der Waals surface area contributed by atoms with Crippen LogP contribution in [0.25, 0.3) is 4.72 Å². The maximum atomic E-state index is 12.5. The molecule has 2 aromatic carbocycles. The van der Waals surface area contributed by atoms with Crippen LogP contribution in [0.1, 0.15) is 5.56 Å². The van der Waals surface area contributed by atoms with E-state index in [1.54, 1.807) is 18.2 Å². The van der Waals surface area contributed by atoms with Crippen molar-refractivity contribution in [1.29, 1.82) is 0 Å². The van der Waals surface area contributed by atoms with Crippen molar-refractivity contribution in [3.63, 3.8) is 0 Å². The Kier molecular flexibility index (Phi) is 6.66. The topological polar surface area (TPSA) is 112 Å². The van der Waals surface area contributed by atoms with Gasteiger partial charge in [-0.25, -0.2) is 8.42 Å². The van der Waals surface area contributed by atoms with Gasteiger partial charge in [0.15, 0.2) is 16.6 Å². The van der Waals surface area contributed by atoms with E-state index >= 15 is 0 Å². The molecule has 3 heterocycles. The number of quaternary nitrogens is 1. The fourth-order valence-corrected chi connectivity index (χ4v) is 5.15. The van der Waals surface area contributed by atoms with Gasteiger partial charge in [-0.2, -0.15) is 0 Å². The zero-order valence-electron chi connectivity index (χ0n) is 18.8. The molecule has 1 aromatic heterocycles. The average Bonchev–Trinajstić information content (AvgIpc) is 3.33. The number of thiocarbonyl (C=S) groups is 1. The van der Waals surface area contributed by atoms with E-state index in [-0.39, 0.29) is 17.6 Å². The first-order chi connectivity index (χ1) is 17.0. The van der Waals surface area contributed by atoms with Gasteiger partial charge in [-0.1, -0.05) is 6.07 Å². The average molecular weight is 513 g/mol. The molecule has 0 atom stereocenters. The maximum absolute atomic E-state index is 12.5. The number of rotatable bonds is 6. The first-order valence-corrected chi connectivity index (χ1v) is 12.9. The van der Waals surface area contributed by atoms with Gasteiger partial charge < -0.3 is 34.6 Å². The third kappa shape index (κ3) is 5.61. The number of piperazine rings is 1. The Morgan fingerprint density at radius 2 is 1.77 bits per heavy atom. The molecule has 1 fully saturated rings. The molecular formula is C23H24N6O4S2. The zero-order valence-corrected chi connectivity index (χ0v) is 20.4. The molecule has 1 saturated heterocycles. The summed E-state index contributed by atoms with van der Waals surface area (Å²) in [4.78, 5) is 11.3. The molecule has 0 spiro atoms. The summed E-state index contributed by atoms with van der Waals surface area (Å²) in [5.74, 6) is 1.51. The summed E-state index contributed by atoms with van der Waals surface area (Å²) in [6.07, 6.45) is 2.88. The Bertz CT molecular complexity index is 1300. The van der Waals surface area contributed by atoms with Gasteiger partial charge in [0, 0.05) is 17.2 Å². The van der Waals surface area contributed by atoms with E-state index in [4.69, 9.17) is 21.7 Å². The third-order valence-corrected chi connectivity index (χ3v) is 7.44. The maximum Gasteiger partial charge on any atom is 0.231 e. The van der Waals surface area contributed by atoms with Crippen molar-refractivity contribution in [3.8, 4) is 11.5 Å². The van der Waals surface area contributed by atoms with Crippen molar-refractivity contribution in [2.75, 3.05) is 38.3 Å². The van der Waals surface area contributed by atoms with Crippen LogP contribution in [0.3, 0.4) is 0 Å². The molecule has 2 N–H and O–H groups in total. The Labute approximate surface area is 208 Å². The molecule has 12 heteroatoms. The molecule has 0 saturated carbocycles. The van der Waals surface area contributed by atoms with Crippen LogP contribution in [0.15, 0.2) is 65.8 Å². The van der Waals surface area contributed by atoms with Crippen molar-refractivity contribution < 1.29 is 22.8 Å². The number of hydrogen-bond acceptors (Lipinski definition) is 7. The van der Waals surface area contributed by atoms with Crippen molar-refractivity contribution in [1.82, 2.24) is 14.9 Å². The lowest BCUT2D eigenvalue weighted by Crippen LogP contribution is -3.13. The molecule has 0 radical (unpaired) electrons. The summed E-state index contributed by atoms with van der Waals surface area (Å²) in [6, 6.07) is 14.0. The van der Waals surface area contributed by atoms with Crippen LogP contribution in [0.2, 0.25) is 0 Å². The van der Waals surface area contributed by atoms with Crippen molar-refractivity contribution in [3.05, 3.63) is 71.2 Å². The fourth-order valence-electron chi connectivity index (χ4n) is 3.95. The molecule has 0 amide bonds. The minimum atomic E-state index is -3.90. The molecule has 182 valence electrons. The molecular weight excluding hydrogens is 488 g/mol. The summed E-state index contributed by atoms with van der Waals surface area (Å²) in [5.41, 5.74) is 1.93. The lowest BCUT2D eigenvalue weighted by molar-refractivity contribution is -0.917. The number of fused-ring (bicyclic) bond motifs is 1. The fraction of sp³-hybridized carbons (Fsp3) is 0.261. The van der Waals surface area contributed by atoms with Crippen molar-refractivity contribution >= 4 is 39.0 Å². The van der Waals surface area contributed by atoms with Gasteiger partial charge in [0.2, 0.25) is 16.8 Å². The van der Waals surface area contributed by atoms with E-state index in [0.29, 0.717) is 10.8 Å². The van der Waals surface area contributed by atoms with Crippen molar-refractivity contribution in [2.24, 2.45) is 0 Å². The number of ether oxygens (including phenoxy) is 2. The zero-order chi connectivity index (χ0) is 24.3. The van der Waals surface area contributed by atoms with Gasteiger partial charge in [-0.3, -0.25) is 4.72 Å². The predicted octanol–water partition coefficient (Wildman–Crippen LogP) is 1.70. The van der Waals surface area contributed by atoms with E-state index in [2.05, 4.69) is 37.0 Å². The van der Waals surface area contributed by atoms with Gasteiger partial charge in [0.25, 0.3) is 0 Å². The highest BCUT2D eigenvalue weighted by atomic mass is 32.2. The number of hydrogen-bond donors (Lipinski definition) is 2. The number of benzene rings is 2. The van der Waals surface area contributed by atoms with E-state index in [1.165, 1.54) is 35.0 Å². The van der Waals surface area contributed by atoms with E-state index in [9.17, 15) is 8.42 Å². The molecule has 2 aliphatic heterocycles. The first kappa shape index (κ1) is 23.3. The van der Waals surface area contributed by atoms with E-state index in [0.717, 1.165) is 44.2 Å². The first-order valence-electron chi connectivity index (χ1n) is 11.1. The largest absolute Gasteiger partial charge is 0.454 e. The SMILES string of the molecule is O=S(=O)([N-]c1ncccn1)c1ccc(NC(=S)N2CC[NH+](Cc3ccc4c(c3)OCO4)CC2)cc1. The predicted molar refractivity (Wildman–Crippen MR) is 133 cm³/mol. The van der Waals surface area contributed by atoms with E-state index in [1.807, 2.05) is 6.07 Å². The molecule has 10 nitrogen and oxygen atoms in total. The minimum Gasteiger partial charge on any atom is -0.454 e. The Balaban J connectivity index is 1.12. The highest BCUT2D eigenvalue weighted by molar-refractivity contribution is 7.94.